The molecule has 2 heterocycles. The molecule has 0 saturated carbocycles. The zero-order valence-corrected chi connectivity index (χ0v) is 9.10. The van der Waals surface area contributed by atoms with Gasteiger partial charge in [-0.1, -0.05) is 11.3 Å². The molecule has 0 aliphatic carbocycles. The van der Waals surface area contributed by atoms with E-state index in [9.17, 15) is 0 Å². The molecule has 0 bridgehead atoms. The maximum absolute atomic E-state index is 4.41. The molecule has 0 aromatic carbocycles. The third-order valence-electron chi connectivity index (χ3n) is 2.14. The second kappa shape index (κ2) is 4.50. The summed E-state index contributed by atoms with van der Waals surface area (Å²) in [7, 11) is 0. The van der Waals surface area contributed by atoms with Crippen LogP contribution in [-0.4, -0.2) is 22.6 Å². The SMILES string of the molecule is Cc1nnc(CNC2=NCCCC2)s1. The molecule has 5 heteroatoms. The summed E-state index contributed by atoms with van der Waals surface area (Å²) in [5.74, 6) is 1.13. The summed E-state index contributed by atoms with van der Waals surface area (Å²) in [6, 6.07) is 0. The van der Waals surface area contributed by atoms with Crippen molar-refractivity contribution < 1.29 is 0 Å². The molecule has 76 valence electrons. The highest BCUT2D eigenvalue weighted by Gasteiger charge is 2.05. The fourth-order valence-corrected chi connectivity index (χ4v) is 2.08. The highest BCUT2D eigenvalue weighted by molar-refractivity contribution is 7.11. The van der Waals surface area contributed by atoms with Crippen LogP contribution in [0.3, 0.4) is 0 Å². The van der Waals surface area contributed by atoms with Crippen LogP contribution in [0, 0.1) is 6.92 Å². The van der Waals surface area contributed by atoms with E-state index < -0.39 is 0 Å². The smallest absolute Gasteiger partial charge is 0.136 e. The number of aromatic nitrogens is 2. The summed E-state index contributed by atoms with van der Waals surface area (Å²) >= 11 is 1.64. The molecule has 1 aromatic rings. The fraction of sp³-hybridized carbons (Fsp3) is 0.667. The zero-order chi connectivity index (χ0) is 9.80. The highest BCUT2D eigenvalue weighted by Crippen LogP contribution is 2.08. The van der Waals surface area contributed by atoms with E-state index in [4.69, 9.17) is 0 Å². The van der Waals surface area contributed by atoms with E-state index in [-0.39, 0.29) is 0 Å². The molecule has 0 radical (unpaired) electrons. The van der Waals surface area contributed by atoms with Crippen molar-refractivity contribution in [1.82, 2.24) is 15.5 Å². The number of hydrogen-bond acceptors (Lipinski definition) is 5. The van der Waals surface area contributed by atoms with Crippen molar-refractivity contribution in [2.45, 2.75) is 32.7 Å². The van der Waals surface area contributed by atoms with Gasteiger partial charge in [-0.05, 0) is 19.8 Å². The largest absolute Gasteiger partial charge is 0.367 e. The molecule has 0 saturated heterocycles. The normalized spacial score (nSPS) is 16.5. The van der Waals surface area contributed by atoms with Crippen LogP contribution in [0.4, 0.5) is 0 Å². The second-order valence-corrected chi connectivity index (χ2v) is 4.62. The lowest BCUT2D eigenvalue weighted by Crippen LogP contribution is -2.25. The van der Waals surface area contributed by atoms with Gasteiger partial charge in [0.25, 0.3) is 0 Å². The van der Waals surface area contributed by atoms with E-state index in [1.807, 2.05) is 6.92 Å². The molecule has 1 aliphatic rings. The lowest BCUT2D eigenvalue weighted by Gasteiger charge is -2.12. The summed E-state index contributed by atoms with van der Waals surface area (Å²) in [5.41, 5.74) is 0. The van der Waals surface area contributed by atoms with Gasteiger partial charge in [0, 0.05) is 13.0 Å². The lowest BCUT2D eigenvalue weighted by molar-refractivity contribution is 0.704. The van der Waals surface area contributed by atoms with Gasteiger partial charge < -0.3 is 5.32 Å². The molecule has 2 rings (SSSR count). The van der Waals surface area contributed by atoms with Crippen LogP contribution in [0.15, 0.2) is 4.99 Å². The van der Waals surface area contributed by atoms with E-state index in [0.717, 1.165) is 35.4 Å². The Kier molecular flexibility index (Phi) is 3.08. The monoisotopic (exact) mass is 210 g/mol. The van der Waals surface area contributed by atoms with Gasteiger partial charge in [-0.25, -0.2) is 0 Å². The van der Waals surface area contributed by atoms with Gasteiger partial charge in [-0.15, -0.1) is 10.2 Å². The topological polar surface area (TPSA) is 50.2 Å². The third-order valence-corrected chi connectivity index (χ3v) is 2.97. The summed E-state index contributed by atoms with van der Waals surface area (Å²) < 4.78 is 0. The Hall–Kier alpha value is -0.970. The number of nitrogens with zero attached hydrogens (tertiary/aromatic N) is 3. The van der Waals surface area contributed by atoms with Gasteiger partial charge in [0.05, 0.1) is 12.4 Å². The first-order chi connectivity index (χ1) is 6.84. The minimum Gasteiger partial charge on any atom is -0.367 e. The molecular formula is C9H14N4S. The van der Waals surface area contributed by atoms with Gasteiger partial charge in [0.2, 0.25) is 0 Å². The molecule has 0 spiro atoms. The van der Waals surface area contributed by atoms with Crippen LogP contribution in [0.1, 0.15) is 29.3 Å². The Morgan fingerprint density at radius 1 is 1.36 bits per heavy atom. The average molecular weight is 210 g/mol. The van der Waals surface area contributed by atoms with E-state index in [2.05, 4.69) is 20.5 Å². The summed E-state index contributed by atoms with van der Waals surface area (Å²) in [5, 5.41) is 13.4. The van der Waals surface area contributed by atoms with Crippen LogP contribution in [0.5, 0.6) is 0 Å². The van der Waals surface area contributed by atoms with Gasteiger partial charge >= 0.3 is 0 Å². The van der Waals surface area contributed by atoms with Crippen molar-refractivity contribution in [3.63, 3.8) is 0 Å². The van der Waals surface area contributed by atoms with E-state index in [0.29, 0.717) is 0 Å². The van der Waals surface area contributed by atoms with Gasteiger partial charge in [0.15, 0.2) is 0 Å². The second-order valence-electron chi connectivity index (χ2n) is 3.35. The molecule has 14 heavy (non-hydrogen) atoms. The molecule has 1 N–H and O–H groups in total. The highest BCUT2D eigenvalue weighted by atomic mass is 32.1. The predicted molar refractivity (Wildman–Crippen MR) is 57.6 cm³/mol. The summed E-state index contributed by atoms with van der Waals surface area (Å²) in [6.45, 7) is 3.71. The standard InChI is InChI=1S/C9H14N4S/c1-7-12-13-9(14-7)6-11-8-4-2-3-5-10-8/h2-6H2,1H3,(H,10,11). The Morgan fingerprint density at radius 3 is 2.93 bits per heavy atom. The van der Waals surface area contributed by atoms with Gasteiger partial charge in [0.1, 0.15) is 10.0 Å². The number of hydrogen-bond donors (Lipinski definition) is 1. The summed E-state index contributed by atoms with van der Waals surface area (Å²) in [6.07, 6.45) is 3.56. The number of nitrogens with one attached hydrogen (secondary N) is 1. The number of rotatable bonds is 2. The Labute approximate surface area is 87.5 Å². The first-order valence-corrected chi connectivity index (χ1v) is 5.72. The van der Waals surface area contributed by atoms with Crippen LogP contribution in [0.25, 0.3) is 0 Å². The van der Waals surface area contributed by atoms with Crippen LogP contribution >= 0.6 is 11.3 Å². The van der Waals surface area contributed by atoms with Crippen LogP contribution in [0.2, 0.25) is 0 Å². The minimum absolute atomic E-state index is 0.768. The molecule has 0 unspecified atom stereocenters. The van der Waals surface area contributed by atoms with Crippen molar-refractivity contribution in [3.05, 3.63) is 10.0 Å². The van der Waals surface area contributed by atoms with Crippen LogP contribution in [-0.2, 0) is 6.54 Å². The predicted octanol–water partition coefficient (Wildman–Crippen LogP) is 1.52. The number of aliphatic imine (C=N–C) groups is 1. The number of amidine groups is 1. The van der Waals surface area contributed by atoms with E-state index in [1.54, 1.807) is 11.3 Å². The van der Waals surface area contributed by atoms with Crippen molar-refractivity contribution in [1.29, 1.82) is 0 Å². The zero-order valence-electron chi connectivity index (χ0n) is 8.29. The van der Waals surface area contributed by atoms with E-state index >= 15 is 0 Å². The van der Waals surface area contributed by atoms with Crippen molar-refractivity contribution in [3.8, 4) is 0 Å². The summed E-state index contributed by atoms with van der Waals surface area (Å²) in [4.78, 5) is 4.41. The van der Waals surface area contributed by atoms with Gasteiger partial charge in [-0.2, -0.15) is 0 Å². The minimum atomic E-state index is 0.768. The first kappa shape index (κ1) is 9.58. The average Bonchev–Trinajstić information content (AvgIpc) is 2.63. The molecule has 4 nitrogen and oxygen atoms in total. The maximum atomic E-state index is 4.41. The fourth-order valence-electron chi connectivity index (χ4n) is 1.43. The van der Waals surface area contributed by atoms with E-state index in [1.165, 1.54) is 12.8 Å². The Balaban J connectivity index is 1.84. The molecule has 1 aromatic heterocycles. The number of aryl methyl sites for hydroxylation is 1. The molecule has 1 aliphatic heterocycles. The van der Waals surface area contributed by atoms with Crippen molar-refractivity contribution in [2.24, 2.45) is 4.99 Å². The van der Waals surface area contributed by atoms with Crippen LogP contribution < -0.4 is 5.32 Å². The first-order valence-electron chi connectivity index (χ1n) is 4.91. The van der Waals surface area contributed by atoms with Crippen molar-refractivity contribution in [2.75, 3.05) is 6.54 Å². The van der Waals surface area contributed by atoms with Gasteiger partial charge in [-0.3, -0.25) is 4.99 Å². The molecular weight excluding hydrogens is 196 g/mol. The Morgan fingerprint density at radius 2 is 2.29 bits per heavy atom. The Bertz CT molecular complexity index is 331. The molecule has 0 amide bonds. The third kappa shape index (κ3) is 2.51. The molecule has 0 fully saturated rings. The molecule has 0 atom stereocenters. The van der Waals surface area contributed by atoms with Crippen molar-refractivity contribution >= 4 is 17.2 Å². The lowest BCUT2D eigenvalue weighted by atomic mass is 10.2. The quantitative estimate of drug-likeness (QED) is 0.805. The maximum Gasteiger partial charge on any atom is 0.136 e.